The van der Waals surface area contributed by atoms with Gasteiger partial charge in [-0.15, -0.1) is 0 Å². The Morgan fingerprint density at radius 1 is 1.55 bits per heavy atom. The molecule has 1 saturated heterocycles. The Hall–Kier alpha value is -1.60. The molecule has 2 rings (SSSR count). The van der Waals surface area contributed by atoms with Crippen molar-refractivity contribution in [3.8, 4) is 0 Å². The number of likely N-dealkylation sites (tertiary alicyclic amines) is 1. The van der Waals surface area contributed by atoms with Crippen LogP contribution in [-0.4, -0.2) is 46.5 Å². The molecule has 7 heteroatoms. The smallest absolute Gasteiger partial charge is 0.254 e. The van der Waals surface area contributed by atoms with Crippen LogP contribution in [0.3, 0.4) is 0 Å². The molecule has 1 aliphatic rings. The number of nitrogens with one attached hydrogen (secondary N) is 1. The Morgan fingerprint density at radius 2 is 2.25 bits per heavy atom. The van der Waals surface area contributed by atoms with E-state index >= 15 is 0 Å². The molecule has 0 radical (unpaired) electrons. The highest BCUT2D eigenvalue weighted by Crippen LogP contribution is 2.12. The van der Waals surface area contributed by atoms with E-state index in [4.69, 9.17) is 18.0 Å². The third-order valence-corrected chi connectivity index (χ3v) is 3.45. The summed E-state index contributed by atoms with van der Waals surface area (Å²) >= 11 is 4.87. The first kappa shape index (κ1) is 14.8. The molecule has 1 amide bonds. The Kier molecular flexibility index (Phi) is 4.97. The van der Waals surface area contributed by atoms with Crippen LogP contribution in [0.25, 0.3) is 0 Å². The molecule has 0 bridgehead atoms. The molecule has 1 aliphatic heterocycles. The van der Waals surface area contributed by atoms with Crippen molar-refractivity contribution in [2.24, 2.45) is 5.73 Å². The summed E-state index contributed by atoms with van der Waals surface area (Å²) in [5, 5.41) is 2.85. The Balaban J connectivity index is 1.85. The molecule has 0 saturated carbocycles. The second-order valence-electron chi connectivity index (χ2n) is 4.85. The minimum atomic E-state index is -0.601. The number of carbonyl (C=O) groups is 1. The van der Waals surface area contributed by atoms with E-state index in [-0.39, 0.29) is 11.6 Å². The summed E-state index contributed by atoms with van der Waals surface area (Å²) in [6.07, 6.45) is 4.06. The molecule has 0 atom stereocenters. The van der Waals surface area contributed by atoms with E-state index in [1.807, 2.05) is 0 Å². The molecule has 20 heavy (non-hydrogen) atoms. The van der Waals surface area contributed by atoms with Gasteiger partial charge >= 0.3 is 0 Å². The molecule has 3 N–H and O–H groups in total. The number of rotatable bonds is 4. The molecule has 1 aromatic rings. The van der Waals surface area contributed by atoms with Crippen LogP contribution in [0.5, 0.6) is 0 Å². The van der Waals surface area contributed by atoms with Crippen molar-refractivity contribution < 1.29 is 9.18 Å². The highest BCUT2D eigenvalue weighted by Gasteiger charge is 2.22. The summed E-state index contributed by atoms with van der Waals surface area (Å²) in [6.45, 7) is 2.25. The Bertz CT molecular complexity index is 503. The maximum atomic E-state index is 13.4. The fraction of sp³-hybridized carbons (Fsp3) is 0.462. The molecular weight excluding hydrogens is 279 g/mol. The summed E-state index contributed by atoms with van der Waals surface area (Å²) in [5.74, 6) is -0.992. The molecule has 0 unspecified atom stereocenters. The SMILES string of the molecule is NC(=S)CN1CCC(NC(=O)c2ccncc2F)CC1. The molecule has 5 nitrogen and oxygen atoms in total. The van der Waals surface area contributed by atoms with E-state index in [9.17, 15) is 9.18 Å². The van der Waals surface area contributed by atoms with Crippen molar-refractivity contribution >= 4 is 23.1 Å². The average Bonchev–Trinajstić information content (AvgIpc) is 2.41. The van der Waals surface area contributed by atoms with Crippen LogP contribution in [0.15, 0.2) is 18.5 Å². The van der Waals surface area contributed by atoms with Crippen LogP contribution in [-0.2, 0) is 0 Å². The number of hydrogen-bond donors (Lipinski definition) is 2. The van der Waals surface area contributed by atoms with Crippen molar-refractivity contribution in [2.75, 3.05) is 19.6 Å². The van der Waals surface area contributed by atoms with Gasteiger partial charge in [0.05, 0.1) is 16.7 Å². The third kappa shape index (κ3) is 3.94. The first-order valence-corrected chi connectivity index (χ1v) is 6.88. The summed E-state index contributed by atoms with van der Waals surface area (Å²) in [5.41, 5.74) is 5.54. The number of pyridine rings is 1. The fourth-order valence-corrected chi connectivity index (χ4v) is 2.46. The molecule has 0 spiro atoms. The van der Waals surface area contributed by atoms with Crippen LogP contribution in [0.2, 0.25) is 0 Å². The van der Waals surface area contributed by atoms with Crippen molar-refractivity contribution in [3.63, 3.8) is 0 Å². The molecule has 1 fully saturated rings. The molecule has 0 aromatic carbocycles. The highest BCUT2D eigenvalue weighted by atomic mass is 32.1. The quantitative estimate of drug-likeness (QED) is 0.800. The summed E-state index contributed by atoms with van der Waals surface area (Å²) in [6, 6.07) is 1.43. The lowest BCUT2D eigenvalue weighted by Gasteiger charge is -2.31. The minimum Gasteiger partial charge on any atom is -0.392 e. The zero-order valence-electron chi connectivity index (χ0n) is 11.0. The number of amides is 1. The van der Waals surface area contributed by atoms with Gasteiger partial charge in [0.2, 0.25) is 0 Å². The number of aromatic nitrogens is 1. The highest BCUT2D eigenvalue weighted by molar-refractivity contribution is 7.80. The van der Waals surface area contributed by atoms with Crippen molar-refractivity contribution in [1.29, 1.82) is 0 Å². The summed E-state index contributed by atoms with van der Waals surface area (Å²) in [4.78, 5) is 18.2. The third-order valence-electron chi connectivity index (χ3n) is 3.32. The van der Waals surface area contributed by atoms with Crippen LogP contribution < -0.4 is 11.1 Å². The van der Waals surface area contributed by atoms with E-state index in [1.165, 1.54) is 12.3 Å². The second-order valence-corrected chi connectivity index (χ2v) is 5.37. The van der Waals surface area contributed by atoms with Gasteiger partial charge in [0.25, 0.3) is 5.91 Å². The Labute approximate surface area is 122 Å². The van der Waals surface area contributed by atoms with E-state index in [0.717, 1.165) is 32.1 Å². The number of hydrogen-bond acceptors (Lipinski definition) is 4. The lowest BCUT2D eigenvalue weighted by Crippen LogP contribution is -2.46. The lowest BCUT2D eigenvalue weighted by molar-refractivity contribution is 0.0910. The zero-order valence-corrected chi connectivity index (χ0v) is 11.8. The largest absolute Gasteiger partial charge is 0.392 e. The molecule has 108 valence electrons. The van der Waals surface area contributed by atoms with Gasteiger partial charge < -0.3 is 11.1 Å². The van der Waals surface area contributed by atoms with Gasteiger partial charge in [-0.25, -0.2) is 4.39 Å². The van der Waals surface area contributed by atoms with Gasteiger partial charge in [-0.1, -0.05) is 12.2 Å². The first-order valence-electron chi connectivity index (χ1n) is 6.47. The van der Waals surface area contributed by atoms with E-state index in [2.05, 4.69) is 15.2 Å². The zero-order chi connectivity index (χ0) is 14.5. The van der Waals surface area contributed by atoms with Gasteiger partial charge in [0.1, 0.15) is 0 Å². The van der Waals surface area contributed by atoms with Gasteiger partial charge in [0, 0.05) is 31.9 Å². The van der Waals surface area contributed by atoms with Crippen molar-refractivity contribution in [2.45, 2.75) is 18.9 Å². The fourth-order valence-electron chi connectivity index (χ4n) is 2.28. The number of nitrogens with two attached hydrogens (primary N) is 1. The van der Waals surface area contributed by atoms with Gasteiger partial charge in [-0.3, -0.25) is 14.7 Å². The predicted octanol–water partition coefficient (Wildman–Crippen LogP) is 0.701. The summed E-state index contributed by atoms with van der Waals surface area (Å²) < 4.78 is 13.4. The van der Waals surface area contributed by atoms with Crippen LogP contribution >= 0.6 is 12.2 Å². The number of piperidine rings is 1. The topological polar surface area (TPSA) is 71.2 Å². The standard InChI is InChI=1S/C13H17FN4OS/c14-11-7-16-4-1-10(11)13(19)17-9-2-5-18(6-3-9)8-12(15)20/h1,4,7,9H,2-3,5-6,8H2,(H2,15,20)(H,17,19). The van der Waals surface area contributed by atoms with Gasteiger partial charge in [-0.05, 0) is 18.9 Å². The number of thiocarbonyl (C=S) groups is 1. The van der Waals surface area contributed by atoms with Crippen LogP contribution in [0, 0.1) is 5.82 Å². The number of nitrogens with zero attached hydrogens (tertiary/aromatic N) is 2. The van der Waals surface area contributed by atoms with Crippen LogP contribution in [0.4, 0.5) is 4.39 Å². The maximum Gasteiger partial charge on any atom is 0.254 e. The molecule has 0 aliphatic carbocycles. The van der Waals surface area contributed by atoms with E-state index in [0.29, 0.717) is 11.5 Å². The lowest BCUT2D eigenvalue weighted by atomic mass is 10.0. The maximum absolute atomic E-state index is 13.4. The van der Waals surface area contributed by atoms with Crippen LogP contribution in [0.1, 0.15) is 23.2 Å². The first-order chi connectivity index (χ1) is 9.56. The minimum absolute atomic E-state index is 0.0329. The number of carbonyl (C=O) groups excluding carboxylic acids is 1. The van der Waals surface area contributed by atoms with E-state index < -0.39 is 11.7 Å². The van der Waals surface area contributed by atoms with Crippen molar-refractivity contribution in [1.82, 2.24) is 15.2 Å². The van der Waals surface area contributed by atoms with E-state index in [1.54, 1.807) is 0 Å². The molecular formula is C13H17FN4OS. The Morgan fingerprint density at radius 3 is 2.85 bits per heavy atom. The normalized spacial score (nSPS) is 16.9. The van der Waals surface area contributed by atoms with Crippen molar-refractivity contribution in [3.05, 3.63) is 29.8 Å². The number of halogens is 1. The predicted molar refractivity (Wildman–Crippen MR) is 77.9 cm³/mol. The molecule has 1 aromatic heterocycles. The average molecular weight is 296 g/mol. The second kappa shape index (κ2) is 6.71. The summed E-state index contributed by atoms with van der Waals surface area (Å²) in [7, 11) is 0. The van der Waals surface area contributed by atoms with Gasteiger partial charge in [-0.2, -0.15) is 0 Å². The van der Waals surface area contributed by atoms with Gasteiger partial charge in [0.15, 0.2) is 5.82 Å². The molecule has 2 heterocycles. The monoisotopic (exact) mass is 296 g/mol.